The molecule has 0 N–H and O–H groups in total. The largest absolute Gasteiger partial charge is 0.340 e. The lowest BCUT2D eigenvalue weighted by Crippen LogP contribution is -2.45. The number of carbonyl (C=O) groups excluding carboxylic acids is 2. The molecule has 5 aromatic carbocycles. The summed E-state index contributed by atoms with van der Waals surface area (Å²) in [5.41, 5.74) is 1.75. The zero-order valence-corrected chi connectivity index (χ0v) is 18.9. The van der Waals surface area contributed by atoms with Crippen LogP contribution in [0.15, 0.2) is 109 Å². The number of likely N-dealkylation sites (N-methyl/N-ethyl adjacent to an activating group) is 1. The summed E-state index contributed by atoms with van der Waals surface area (Å²) in [4.78, 5) is 30.6. The van der Waals surface area contributed by atoms with Crippen molar-refractivity contribution in [3.8, 4) is 0 Å². The first kappa shape index (κ1) is 20.4. The van der Waals surface area contributed by atoms with E-state index in [0.29, 0.717) is 11.1 Å². The summed E-state index contributed by atoms with van der Waals surface area (Å²) in [6.45, 7) is 0.260. The first-order chi connectivity index (χ1) is 16.6. The van der Waals surface area contributed by atoms with E-state index in [1.54, 1.807) is 11.9 Å². The predicted octanol–water partition coefficient (Wildman–Crippen LogP) is 6.25. The zero-order valence-electron chi connectivity index (χ0n) is 18.9. The topological polar surface area (TPSA) is 37.4 Å². The van der Waals surface area contributed by atoms with E-state index in [9.17, 15) is 9.59 Å². The Morgan fingerprint density at radius 2 is 0.971 bits per heavy atom. The second kappa shape index (κ2) is 7.67. The summed E-state index contributed by atoms with van der Waals surface area (Å²) in [7, 11) is 1.80. The van der Waals surface area contributed by atoms with Crippen LogP contribution in [0, 0.1) is 0 Å². The van der Waals surface area contributed by atoms with Gasteiger partial charge in [-0.2, -0.15) is 0 Å². The molecule has 0 saturated carbocycles. The van der Waals surface area contributed by atoms with E-state index in [2.05, 4.69) is 0 Å². The molecule has 1 aliphatic heterocycles. The quantitative estimate of drug-likeness (QED) is 0.304. The smallest absolute Gasteiger partial charge is 0.255 e. The van der Waals surface area contributed by atoms with Crippen molar-refractivity contribution in [1.29, 1.82) is 0 Å². The molecular weight excluding hydrogens is 418 g/mol. The standard InChI is InChI=1S/C31H23NO2/c1-32-20-31(21-12-4-2-5-13-21,22-14-6-3-7-15-22)29(33)27-25-18-10-8-16-23(25)24-17-9-11-19-26(24)28(27)30(32)34/h2-19H,20H2,1H3. The molecule has 0 saturated heterocycles. The minimum Gasteiger partial charge on any atom is -0.340 e. The Morgan fingerprint density at radius 3 is 1.47 bits per heavy atom. The normalized spacial score (nSPS) is 15.4. The molecule has 3 heteroatoms. The minimum atomic E-state index is -1.02. The van der Waals surface area contributed by atoms with Crippen LogP contribution in [0.5, 0.6) is 0 Å². The van der Waals surface area contributed by atoms with Gasteiger partial charge in [0.1, 0.15) is 5.41 Å². The van der Waals surface area contributed by atoms with E-state index in [0.717, 1.165) is 32.7 Å². The van der Waals surface area contributed by atoms with Crippen LogP contribution in [0.3, 0.4) is 0 Å². The molecule has 0 bridgehead atoms. The van der Waals surface area contributed by atoms with Crippen LogP contribution in [-0.2, 0) is 5.41 Å². The molecule has 0 radical (unpaired) electrons. The highest BCUT2D eigenvalue weighted by Gasteiger charge is 2.48. The van der Waals surface area contributed by atoms with Crippen molar-refractivity contribution in [3.05, 3.63) is 131 Å². The molecule has 0 aromatic heterocycles. The molecule has 0 aliphatic carbocycles. The van der Waals surface area contributed by atoms with Gasteiger partial charge in [-0.3, -0.25) is 9.59 Å². The fraction of sp³-hybridized carbons (Fsp3) is 0.0968. The Kier molecular flexibility index (Phi) is 4.59. The summed E-state index contributed by atoms with van der Waals surface area (Å²) in [5.74, 6) is -0.168. The van der Waals surface area contributed by atoms with Crippen LogP contribution in [0.2, 0.25) is 0 Å². The Bertz CT molecular complexity index is 1530. The molecule has 1 amide bonds. The van der Waals surface area contributed by atoms with Crippen LogP contribution in [-0.4, -0.2) is 30.2 Å². The van der Waals surface area contributed by atoms with E-state index in [4.69, 9.17) is 0 Å². The Labute approximate surface area is 198 Å². The maximum absolute atomic E-state index is 14.9. The summed E-state index contributed by atoms with van der Waals surface area (Å²) in [5, 5.41) is 3.61. The van der Waals surface area contributed by atoms with Gasteiger partial charge in [0, 0.05) is 19.2 Å². The average Bonchev–Trinajstić information content (AvgIpc) is 2.99. The summed E-state index contributed by atoms with van der Waals surface area (Å²) in [6.07, 6.45) is 0. The number of nitrogens with zero attached hydrogens (tertiary/aromatic N) is 1. The number of hydrogen-bond acceptors (Lipinski definition) is 2. The third-order valence-corrected chi connectivity index (χ3v) is 7.12. The first-order valence-electron chi connectivity index (χ1n) is 11.5. The Balaban J connectivity index is 1.81. The highest BCUT2D eigenvalue weighted by atomic mass is 16.2. The van der Waals surface area contributed by atoms with E-state index >= 15 is 0 Å². The van der Waals surface area contributed by atoms with Gasteiger partial charge >= 0.3 is 0 Å². The molecule has 1 heterocycles. The molecular formula is C31H23NO2. The number of rotatable bonds is 2. The molecule has 3 nitrogen and oxygen atoms in total. The highest BCUT2D eigenvalue weighted by molar-refractivity contribution is 6.29. The van der Waals surface area contributed by atoms with Crippen LogP contribution >= 0.6 is 0 Å². The molecule has 164 valence electrons. The summed E-state index contributed by atoms with van der Waals surface area (Å²) < 4.78 is 0. The number of hydrogen-bond donors (Lipinski definition) is 0. The van der Waals surface area contributed by atoms with E-state index in [1.807, 2.05) is 109 Å². The third-order valence-electron chi connectivity index (χ3n) is 7.12. The van der Waals surface area contributed by atoms with Gasteiger partial charge < -0.3 is 4.90 Å². The van der Waals surface area contributed by atoms with Crippen molar-refractivity contribution in [2.24, 2.45) is 0 Å². The average molecular weight is 442 g/mol. The lowest BCUT2D eigenvalue weighted by molar-refractivity contribution is 0.0764. The van der Waals surface area contributed by atoms with Gasteiger partial charge in [0.2, 0.25) is 0 Å². The fourth-order valence-corrected chi connectivity index (χ4v) is 5.56. The van der Waals surface area contributed by atoms with Crippen molar-refractivity contribution >= 4 is 33.2 Å². The molecule has 1 aliphatic rings. The second-order valence-electron chi connectivity index (χ2n) is 8.97. The molecule has 6 rings (SSSR count). The maximum atomic E-state index is 14.9. The monoisotopic (exact) mass is 441 g/mol. The molecule has 0 spiro atoms. The SMILES string of the molecule is CN1CC(c2ccccc2)(c2ccccc2)C(=O)c2c(c3ccccc3c3ccccc23)C1=O. The first-order valence-corrected chi connectivity index (χ1v) is 11.5. The van der Waals surface area contributed by atoms with E-state index < -0.39 is 5.41 Å². The number of benzene rings is 5. The van der Waals surface area contributed by atoms with Crippen molar-refractivity contribution in [3.63, 3.8) is 0 Å². The lowest BCUT2D eigenvalue weighted by atomic mass is 9.68. The lowest BCUT2D eigenvalue weighted by Gasteiger charge is -2.35. The summed E-state index contributed by atoms with van der Waals surface area (Å²) in [6, 6.07) is 35.6. The van der Waals surface area contributed by atoms with Gasteiger partial charge in [-0.05, 0) is 32.7 Å². The van der Waals surface area contributed by atoms with Crippen LogP contribution < -0.4 is 0 Å². The fourth-order valence-electron chi connectivity index (χ4n) is 5.56. The Morgan fingerprint density at radius 1 is 0.559 bits per heavy atom. The zero-order chi connectivity index (χ0) is 23.3. The van der Waals surface area contributed by atoms with Gasteiger partial charge in [0.05, 0.1) is 5.56 Å². The number of Topliss-reactive ketones (excluding diaryl/α,β-unsaturated/α-hetero) is 1. The molecule has 0 fully saturated rings. The molecule has 0 unspecified atom stereocenters. The van der Waals surface area contributed by atoms with Crippen molar-refractivity contribution in [2.75, 3.05) is 13.6 Å². The Hall–Kier alpha value is -4.24. The van der Waals surface area contributed by atoms with Gasteiger partial charge in [-0.15, -0.1) is 0 Å². The van der Waals surface area contributed by atoms with Crippen molar-refractivity contribution < 1.29 is 9.59 Å². The van der Waals surface area contributed by atoms with Crippen LogP contribution in [0.1, 0.15) is 31.8 Å². The predicted molar refractivity (Wildman–Crippen MR) is 136 cm³/mol. The second-order valence-corrected chi connectivity index (χ2v) is 8.97. The number of fused-ring (bicyclic) bond motifs is 6. The molecule has 34 heavy (non-hydrogen) atoms. The van der Waals surface area contributed by atoms with Gasteiger partial charge in [-0.1, -0.05) is 109 Å². The minimum absolute atomic E-state index is 0.0421. The number of ketones is 1. The molecule has 5 aromatic rings. The van der Waals surface area contributed by atoms with Gasteiger partial charge in [0.25, 0.3) is 5.91 Å². The van der Waals surface area contributed by atoms with Crippen molar-refractivity contribution in [2.45, 2.75) is 5.41 Å². The molecule has 0 atom stereocenters. The maximum Gasteiger partial charge on any atom is 0.255 e. The van der Waals surface area contributed by atoms with Crippen LogP contribution in [0.25, 0.3) is 21.5 Å². The summed E-state index contributed by atoms with van der Waals surface area (Å²) >= 11 is 0. The van der Waals surface area contributed by atoms with Gasteiger partial charge in [-0.25, -0.2) is 0 Å². The van der Waals surface area contributed by atoms with Gasteiger partial charge in [0.15, 0.2) is 5.78 Å². The van der Waals surface area contributed by atoms with Crippen molar-refractivity contribution in [1.82, 2.24) is 4.90 Å². The third kappa shape index (κ3) is 2.77. The number of carbonyl (C=O) groups is 2. The van der Waals surface area contributed by atoms with E-state index in [1.165, 1.54) is 0 Å². The highest BCUT2D eigenvalue weighted by Crippen LogP contribution is 2.44. The van der Waals surface area contributed by atoms with Crippen LogP contribution in [0.4, 0.5) is 0 Å². The number of amides is 1. The van der Waals surface area contributed by atoms with E-state index in [-0.39, 0.29) is 18.2 Å².